The van der Waals surface area contributed by atoms with E-state index in [9.17, 15) is 0 Å². The average Bonchev–Trinajstić information content (AvgIpc) is 3.84. The van der Waals surface area contributed by atoms with E-state index < -0.39 is 0 Å². The molecule has 0 saturated carbocycles. The zero-order valence-electron chi connectivity index (χ0n) is 39.9. The fourth-order valence-electron chi connectivity index (χ4n) is 9.93. The Morgan fingerprint density at radius 2 is 1.32 bits per heavy atom. The number of para-hydroxylation sites is 1. The van der Waals surface area contributed by atoms with Gasteiger partial charge in [0.15, 0.2) is 0 Å². The van der Waals surface area contributed by atoms with Crippen LogP contribution in [0.5, 0.6) is 0 Å². The molecule has 0 radical (unpaired) electrons. The third-order valence-electron chi connectivity index (χ3n) is 13.6. The number of fused-ring (bicyclic) bond motifs is 4. The van der Waals surface area contributed by atoms with Crippen LogP contribution in [0, 0.1) is 13.8 Å². The van der Waals surface area contributed by atoms with Gasteiger partial charge in [-0.1, -0.05) is 228 Å². The summed E-state index contributed by atoms with van der Waals surface area (Å²) in [6.45, 7) is 19.7. The van der Waals surface area contributed by atoms with Crippen LogP contribution in [0.25, 0.3) is 50.4 Å². The highest BCUT2D eigenvalue weighted by Crippen LogP contribution is 2.55. The highest BCUT2D eigenvalue weighted by atomic mass is 32.2. The predicted octanol–water partition coefficient (Wildman–Crippen LogP) is 18.1. The van der Waals surface area contributed by atoms with Crippen molar-refractivity contribution < 1.29 is 4.42 Å². The van der Waals surface area contributed by atoms with E-state index in [0.29, 0.717) is 0 Å². The molecule has 1 atom stereocenters. The molecule has 1 aromatic heterocycles. The van der Waals surface area contributed by atoms with E-state index in [-0.39, 0.29) is 10.8 Å². The van der Waals surface area contributed by atoms with E-state index in [1.807, 2.05) is 49.0 Å². The van der Waals surface area contributed by atoms with Crippen LogP contribution in [0.2, 0.25) is 0 Å². The molecule has 2 aliphatic carbocycles. The van der Waals surface area contributed by atoms with E-state index in [0.717, 1.165) is 40.7 Å². The van der Waals surface area contributed by atoms with Crippen molar-refractivity contribution in [3.8, 4) is 22.3 Å². The molecule has 66 heavy (non-hydrogen) atoms. The quantitative estimate of drug-likeness (QED) is 0.141. The Morgan fingerprint density at radius 1 is 0.682 bits per heavy atom. The molecule has 0 fully saturated rings. The molecule has 7 aromatic carbocycles. The lowest BCUT2D eigenvalue weighted by Gasteiger charge is -2.37. The zero-order chi connectivity index (χ0) is 46.4. The maximum absolute atomic E-state index is 6.11. The van der Waals surface area contributed by atoms with Crippen LogP contribution >= 0.6 is 11.8 Å². The minimum Gasteiger partial charge on any atom is -0.455 e. The molecule has 0 saturated heterocycles. The summed E-state index contributed by atoms with van der Waals surface area (Å²) < 4.78 is 6.11. The van der Waals surface area contributed by atoms with Crippen molar-refractivity contribution in [1.29, 1.82) is 0 Å². The van der Waals surface area contributed by atoms with Gasteiger partial charge in [-0.2, -0.15) is 0 Å². The first-order valence-electron chi connectivity index (χ1n) is 23.3. The van der Waals surface area contributed by atoms with Gasteiger partial charge in [-0.05, 0) is 113 Å². The molecule has 1 unspecified atom stereocenters. The van der Waals surface area contributed by atoms with Crippen LogP contribution < -0.4 is 0 Å². The number of allylic oxidation sites excluding steroid dienone is 5. The van der Waals surface area contributed by atoms with Crippen LogP contribution in [-0.2, 0) is 17.3 Å². The molecule has 0 amide bonds. The number of benzene rings is 7. The Kier molecular flexibility index (Phi) is 13.8. The summed E-state index contributed by atoms with van der Waals surface area (Å²) in [5, 5.41) is 1.11. The van der Waals surface area contributed by atoms with E-state index in [4.69, 9.17) is 4.42 Å². The summed E-state index contributed by atoms with van der Waals surface area (Å²) in [7, 11) is 0. The number of rotatable bonds is 8. The van der Waals surface area contributed by atoms with Crippen molar-refractivity contribution in [3.63, 3.8) is 0 Å². The molecule has 0 spiro atoms. The molecule has 0 N–H and O–H groups in total. The van der Waals surface area contributed by atoms with Crippen molar-refractivity contribution >= 4 is 40.0 Å². The van der Waals surface area contributed by atoms with Crippen LogP contribution in [0.4, 0.5) is 0 Å². The smallest absolute Gasteiger partial charge is 0.142 e. The lowest BCUT2D eigenvalue weighted by atomic mass is 9.67. The molecule has 0 aliphatic heterocycles. The third-order valence-corrected chi connectivity index (χ3v) is 14.6. The first kappa shape index (κ1) is 45.9. The van der Waals surface area contributed by atoms with Gasteiger partial charge in [-0.15, -0.1) is 11.8 Å². The molecule has 2 aliphatic rings. The number of hydrogen-bond acceptors (Lipinski definition) is 2. The number of hydrogen-bond donors (Lipinski definition) is 0. The SMILES string of the molecule is C=Cc1c(/C(=C\C)c2ccc(CC)cc2)oc2ccccc12.CSc1c(C)cccc1C1(C)CC=CC=C1c1cccc2c1-c1ccccc1C2(C)C.Cc1ccc(-c2ccccc2)cc1. The predicted molar refractivity (Wildman–Crippen MR) is 288 cm³/mol. The molecule has 10 rings (SSSR count). The molecule has 1 nitrogen and oxygen atoms in total. The van der Waals surface area contributed by atoms with Crippen molar-refractivity contribution in [3.05, 3.63) is 251 Å². The summed E-state index contributed by atoms with van der Waals surface area (Å²) >= 11 is 1.87. The summed E-state index contributed by atoms with van der Waals surface area (Å²) in [6, 6.07) is 58.5. The molecular formula is C64H62OS. The number of aryl methyl sites for hydroxylation is 3. The van der Waals surface area contributed by atoms with Crippen LogP contribution in [0.1, 0.15) is 96.9 Å². The summed E-state index contributed by atoms with van der Waals surface area (Å²) in [4.78, 5) is 1.42. The molecule has 1 heterocycles. The Balaban J connectivity index is 0.000000147. The Bertz CT molecular complexity index is 3080. The highest BCUT2D eigenvalue weighted by molar-refractivity contribution is 7.98. The number of thioether (sulfide) groups is 1. The minimum absolute atomic E-state index is 0.0250. The molecule has 330 valence electrons. The minimum atomic E-state index is -0.0596. The second-order valence-electron chi connectivity index (χ2n) is 18.1. The maximum Gasteiger partial charge on any atom is 0.142 e. The Hall–Kier alpha value is -6.61. The van der Waals surface area contributed by atoms with E-state index >= 15 is 0 Å². The van der Waals surface area contributed by atoms with Crippen molar-refractivity contribution in [2.75, 3.05) is 6.26 Å². The van der Waals surface area contributed by atoms with Gasteiger partial charge in [-0.25, -0.2) is 0 Å². The molecule has 8 aromatic rings. The summed E-state index contributed by atoms with van der Waals surface area (Å²) in [5.74, 6) is 0.892. The third kappa shape index (κ3) is 8.88. The molecule has 2 heteroatoms. The fraction of sp³-hybridized carbons (Fsp3) is 0.188. The lowest BCUT2D eigenvalue weighted by Crippen LogP contribution is -2.26. The van der Waals surface area contributed by atoms with E-state index in [1.54, 1.807) is 0 Å². The Morgan fingerprint density at radius 3 is 2.03 bits per heavy atom. The fourth-order valence-corrected chi connectivity index (χ4v) is 10.8. The average molecular weight is 879 g/mol. The van der Waals surface area contributed by atoms with Crippen molar-refractivity contribution in [2.45, 2.75) is 77.0 Å². The topological polar surface area (TPSA) is 13.1 Å². The van der Waals surface area contributed by atoms with Crippen LogP contribution in [0.3, 0.4) is 0 Å². The standard InChI is InChI=1S/C30H30S.C21H20O.C13H12/c1-20-12-10-18-26(28(20)31-5)30(4)19-9-8-16-24(30)22-14-11-17-25-27(22)21-13-6-7-15-23(21)29(25,2)3;1-4-15-11-13-16(14-12-15)17(5-2)21-18(6-3)19-9-7-8-10-20(19)22-21;1-11-7-9-13(10-8-11)12-5-3-2-4-6-12/h6-18H,19H2,1-5H3;5-14H,3-4H2,1-2H3;2-10H,1H3/b;17-5-;. The summed E-state index contributed by atoms with van der Waals surface area (Å²) in [6.07, 6.45) is 15.2. The van der Waals surface area contributed by atoms with Gasteiger partial charge < -0.3 is 4.42 Å². The molecular weight excluding hydrogens is 817 g/mol. The van der Waals surface area contributed by atoms with E-state index in [1.165, 1.54) is 77.2 Å². The van der Waals surface area contributed by atoms with Gasteiger partial charge in [0, 0.05) is 32.2 Å². The largest absolute Gasteiger partial charge is 0.455 e. The van der Waals surface area contributed by atoms with Gasteiger partial charge in [0.2, 0.25) is 0 Å². The van der Waals surface area contributed by atoms with Crippen LogP contribution in [-0.4, -0.2) is 6.26 Å². The second kappa shape index (κ2) is 19.9. The van der Waals surface area contributed by atoms with Gasteiger partial charge in [0.1, 0.15) is 11.3 Å². The van der Waals surface area contributed by atoms with Gasteiger partial charge >= 0.3 is 0 Å². The van der Waals surface area contributed by atoms with Gasteiger partial charge in [0.05, 0.1) is 0 Å². The Labute approximate surface area is 398 Å². The zero-order valence-corrected chi connectivity index (χ0v) is 40.7. The first-order chi connectivity index (χ1) is 32.0. The van der Waals surface area contributed by atoms with E-state index in [2.05, 4.69) is 218 Å². The second-order valence-corrected chi connectivity index (χ2v) is 18.9. The summed E-state index contributed by atoms with van der Waals surface area (Å²) in [5.41, 5.74) is 20.7. The maximum atomic E-state index is 6.11. The highest BCUT2D eigenvalue weighted by Gasteiger charge is 2.40. The van der Waals surface area contributed by atoms with Gasteiger partial charge in [-0.3, -0.25) is 0 Å². The number of furan rings is 1. The van der Waals surface area contributed by atoms with Crippen LogP contribution in [0.15, 0.2) is 204 Å². The first-order valence-corrected chi connectivity index (χ1v) is 24.5. The van der Waals surface area contributed by atoms with Gasteiger partial charge in [0.25, 0.3) is 0 Å². The monoisotopic (exact) mass is 878 g/mol. The lowest BCUT2D eigenvalue weighted by molar-refractivity contribution is 0.599. The normalized spacial score (nSPS) is 15.7. The van der Waals surface area contributed by atoms with Crippen molar-refractivity contribution in [1.82, 2.24) is 0 Å². The molecule has 0 bridgehead atoms. The van der Waals surface area contributed by atoms with Crippen molar-refractivity contribution in [2.24, 2.45) is 0 Å².